The molecule has 0 radical (unpaired) electrons. The Labute approximate surface area is 143 Å². The number of carboxylic acid groups (broad SMARTS) is 1. The van der Waals surface area contributed by atoms with Crippen LogP contribution in [0.3, 0.4) is 0 Å². The maximum Gasteiger partial charge on any atom is 0.303 e. The zero-order valence-electron chi connectivity index (χ0n) is 12.3. The fourth-order valence-corrected chi connectivity index (χ4v) is 3.91. The molecule has 2 aliphatic heterocycles. The number of amides is 1. The van der Waals surface area contributed by atoms with Gasteiger partial charge < -0.3 is 9.84 Å². The number of carbonyl (C=O) groups excluding carboxylic acids is 1. The number of carbonyl (C=O) groups is 2. The molecule has 1 aromatic rings. The van der Waals surface area contributed by atoms with Gasteiger partial charge in [0, 0.05) is 24.9 Å². The maximum absolute atomic E-state index is 12.5. The summed E-state index contributed by atoms with van der Waals surface area (Å²) in [4.78, 5) is 25.1. The molecule has 0 aromatic heterocycles. The van der Waals surface area contributed by atoms with Gasteiger partial charge in [-0.2, -0.15) is 0 Å². The van der Waals surface area contributed by atoms with E-state index in [1.807, 2.05) is 24.3 Å². The van der Waals surface area contributed by atoms with Gasteiger partial charge in [0.15, 0.2) is 0 Å². The molecule has 0 unspecified atom stereocenters. The lowest BCUT2D eigenvalue weighted by Gasteiger charge is -2.13. The molecule has 7 heteroatoms. The van der Waals surface area contributed by atoms with Crippen molar-refractivity contribution in [2.24, 2.45) is 0 Å². The van der Waals surface area contributed by atoms with Gasteiger partial charge in [-0.15, -0.1) is 0 Å². The molecular weight excluding hydrogens is 334 g/mol. The summed E-state index contributed by atoms with van der Waals surface area (Å²) in [6.45, 7) is 1.00. The minimum atomic E-state index is -0.870. The van der Waals surface area contributed by atoms with Crippen molar-refractivity contribution in [3.05, 3.63) is 34.2 Å². The topological polar surface area (TPSA) is 66.8 Å². The van der Waals surface area contributed by atoms with Crippen LogP contribution >= 0.6 is 24.0 Å². The van der Waals surface area contributed by atoms with Crippen molar-refractivity contribution in [3.8, 4) is 5.75 Å². The van der Waals surface area contributed by atoms with Crippen LogP contribution in [0, 0.1) is 0 Å². The van der Waals surface area contributed by atoms with Crippen LogP contribution in [-0.2, 0) is 16.0 Å². The summed E-state index contributed by atoms with van der Waals surface area (Å²) >= 11 is 6.51. The molecule has 5 nitrogen and oxygen atoms in total. The Kier molecular flexibility index (Phi) is 4.68. The zero-order valence-corrected chi connectivity index (χ0v) is 13.9. The van der Waals surface area contributed by atoms with Gasteiger partial charge in [0.25, 0.3) is 5.91 Å². The van der Waals surface area contributed by atoms with E-state index in [9.17, 15) is 9.59 Å². The summed E-state index contributed by atoms with van der Waals surface area (Å²) in [5.41, 5.74) is 2.09. The van der Waals surface area contributed by atoms with Crippen LogP contribution in [0.2, 0.25) is 0 Å². The first kappa shape index (κ1) is 16.0. The molecule has 1 aromatic carbocycles. The highest BCUT2D eigenvalue weighted by atomic mass is 32.2. The molecule has 3 rings (SSSR count). The highest BCUT2D eigenvalue weighted by molar-refractivity contribution is 8.26. The smallest absolute Gasteiger partial charge is 0.303 e. The lowest BCUT2D eigenvalue weighted by molar-refractivity contribution is -0.137. The molecule has 120 valence electrons. The minimum Gasteiger partial charge on any atom is -0.493 e. The number of thiocarbonyl (C=S) groups is 1. The average molecular weight is 349 g/mol. The number of fused-ring (bicyclic) bond motifs is 1. The number of hydrogen-bond donors (Lipinski definition) is 1. The predicted octanol–water partition coefficient (Wildman–Crippen LogP) is 2.69. The quantitative estimate of drug-likeness (QED) is 0.651. The SMILES string of the molecule is O=C(O)CCCN1C(=O)/C(=C/c2cccc3c2CCO3)SC1=S. The number of thioether (sulfide) groups is 1. The van der Waals surface area contributed by atoms with Gasteiger partial charge in [-0.05, 0) is 24.1 Å². The van der Waals surface area contributed by atoms with Crippen LogP contribution in [0.5, 0.6) is 5.75 Å². The van der Waals surface area contributed by atoms with Crippen LogP contribution in [0.15, 0.2) is 23.1 Å². The molecule has 0 atom stereocenters. The molecule has 0 aliphatic carbocycles. The first-order valence-electron chi connectivity index (χ1n) is 7.28. The molecule has 1 saturated heterocycles. The summed E-state index contributed by atoms with van der Waals surface area (Å²) < 4.78 is 6.02. The van der Waals surface area contributed by atoms with Crippen molar-refractivity contribution in [2.45, 2.75) is 19.3 Å². The fraction of sp³-hybridized carbons (Fsp3) is 0.312. The second-order valence-corrected chi connectivity index (χ2v) is 6.93. The molecule has 0 spiro atoms. The third kappa shape index (κ3) is 3.40. The highest BCUT2D eigenvalue weighted by Gasteiger charge is 2.32. The van der Waals surface area contributed by atoms with E-state index in [1.54, 1.807) is 0 Å². The summed E-state index contributed by atoms with van der Waals surface area (Å²) in [5, 5.41) is 8.69. The Morgan fingerprint density at radius 3 is 3.09 bits per heavy atom. The molecule has 1 fully saturated rings. The molecule has 2 heterocycles. The molecule has 0 bridgehead atoms. The van der Waals surface area contributed by atoms with Crippen LogP contribution in [0.25, 0.3) is 6.08 Å². The van der Waals surface area contributed by atoms with Crippen LogP contribution < -0.4 is 4.74 Å². The van der Waals surface area contributed by atoms with E-state index in [1.165, 1.54) is 16.7 Å². The van der Waals surface area contributed by atoms with E-state index in [0.717, 1.165) is 23.3 Å². The maximum atomic E-state index is 12.5. The van der Waals surface area contributed by atoms with Crippen molar-refractivity contribution < 1.29 is 19.4 Å². The Bertz CT molecular complexity index is 714. The molecular formula is C16H15NO4S2. The van der Waals surface area contributed by atoms with E-state index < -0.39 is 5.97 Å². The van der Waals surface area contributed by atoms with Crippen molar-refractivity contribution in [2.75, 3.05) is 13.2 Å². The Hall–Kier alpha value is -1.86. The first-order chi connectivity index (χ1) is 11.1. The van der Waals surface area contributed by atoms with Gasteiger partial charge in [0.2, 0.25) is 0 Å². The second-order valence-electron chi connectivity index (χ2n) is 5.25. The fourth-order valence-electron chi connectivity index (χ4n) is 2.61. The van der Waals surface area contributed by atoms with Crippen molar-refractivity contribution in [1.82, 2.24) is 4.90 Å². The van der Waals surface area contributed by atoms with Gasteiger partial charge in [-0.3, -0.25) is 14.5 Å². The highest BCUT2D eigenvalue weighted by Crippen LogP contribution is 2.35. The standard InChI is InChI=1S/C16H15NO4S2/c18-14(19)5-2-7-17-15(20)13(23-16(17)22)9-10-3-1-4-12-11(10)6-8-21-12/h1,3-4,9H,2,5-8H2,(H,18,19)/b13-9-. The van der Waals surface area contributed by atoms with E-state index in [-0.39, 0.29) is 12.3 Å². The second kappa shape index (κ2) is 6.72. The third-order valence-corrected chi connectivity index (χ3v) is 5.09. The third-order valence-electron chi connectivity index (χ3n) is 3.71. The summed E-state index contributed by atoms with van der Waals surface area (Å²) in [6, 6.07) is 5.80. The zero-order chi connectivity index (χ0) is 16.4. The van der Waals surface area contributed by atoms with Crippen LogP contribution in [-0.4, -0.2) is 39.4 Å². The molecule has 1 amide bonds. The number of nitrogens with zero attached hydrogens (tertiary/aromatic N) is 1. The number of aliphatic carboxylic acids is 1. The number of ether oxygens (including phenoxy) is 1. The van der Waals surface area contributed by atoms with Gasteiger partial charge in [-0.25, -0.2) is 0 Å². The Morgan fingerprint density at radius 1 is 1.48 bits per heavy atom. The lowest BCUT2D eigenvalue weighted by atomic mass is 10.0. The van der Waals surface area contributed by atoms with Gasteiger partial charge in [0.1, 0.15) is 10.1 Å². The first-order valence-corrected chi connectivity index (χ1v) is 8.50. The molecule has 2 aliphatic rings. The predicted molar refractivity (Wildman–Crippen MR) is 92.4 cm³/mol. The number of rotatable bonds is 5. The van der Waals surface area contributed by atoms with E-state index >= 15 is 0 Å². The number of carboxylic acids is 1. The summed E-state index contributed by atoms with van der Waals surface area (Å²) in [6.07, 6.45) is 3.11. The number of hydrogen-bond acceptors (Lipinski definition) is 5. The average Bonchev–Trinajstić information content (AvgIpc) is 3.08. The molecule has 23 heavy (non-hydrogen) atoms. The van der Waals surface area contributed by atoms with E-state index in [4.69, 9.17) is 22.1 Å². The van der Waals surface area contributed by atoms with Crippen molar-refractivity contribution in [3.63, 3.8) is 0 Å². The minimum absolute atomic E-state index is 0.0274. The number of benzene rings is 1. The van der Waals surface area contributed by atoms with E-state index in [2.05, 4.69) is 0 Å². The van der Waals surface area contributed by atoms with Crippen LogP contribution in [0.1, 0.15) is 24.0 Å². The Balaban J connectivity index is 1.77. The molecule has 1 N–H and O–H groups in total. The lowest BCUT2D eigenvalue weighted by Crippen LogP contribution is -2.29. The summed E-state index contributed by atoms with van der Waals surface area (Å²) in [5.74, 6) is -0.150. The normalized spacial score (nSPS) is 18.4. The van der Waals surface area contributed by atoms with Gasteiger partial charge in [-0.1, -0.05) is 36.1 Å². The summed E-state index contributed by atoms with van der Waals surface area (Å²) in [7, 11) is 0. The van der Waals surface area contributed by atoms with Crippen molar-refractivity contribution >= 4 is 46.3 Å². The monoisotopic (exact) mass is 349 g/mol. The van der Waals surface area contributed by atoms with Gasteiger partial charge >= 0.3 is 5.97 Å². The molecule has 0 saturated carbocycles. The largest absolute Gasteiger partial charge is 0.493 e. The van der Waals surface area contributed by atoms with Crippen LogP contribution in [0.4, 0.5) is 0 Å². The Morgan fingerprint density at radius 2 is 2.30 bits per heavy atom. The van der Waals surface area contributed by atoms with E-state index in [0.29, 0.717) is 28.8 Å². The van der Waals surface area contributed by atoms with Crippen molar-refractivity contribution in [1.29, 1.82) is 0 Å². The van der Waals surface area contributed by atoms with Gasteiger partial charge in [0.05, 0.1) is 11.5 Å².